The van der Waals surface area contributed by atoms with Crippen LogP contribution in [0.2, 0.25) is 0 Å². The highest BCUT2D eigenvalue weighted by atomic mass is 16.3. The largest absolute Gasteiger partial charge is 0.395 e. The Balaban J connectivity index is 2.35. The first-order chi connectivity index (χ1) is 8.80. The number of para-hydroxylation sites is 2. The molecule has 0 aliphatic carbocycles. The molecule has 0 radical (unpaired) electrons. The number of nitrogens with zero attached hydrogens (tertiary/aromatic N) is 2. The highest BCUT2D eigenvalue weighted by Gasteiger charge is 2.13. The molecule has 98 valence electrons. The SMILES string of the molecule is CCNC(CO)Cn1c(CC)nc2ccccc21. The molecule has 2 N–H and O–H groups in total. The number of hydrogen-bond acceptors (Lipinski definition) is 3. The smallest absolute Gasteiger partial charge is 0.109 e. The van der Waals surface area contributed by atoms with Gasteiger partial charge in [0.1, 0.15) is 5.82 Å². The summed E-state index contributed by atoms with van der Waals surface area (Å²) in [5.74, 6) is 1.08. The van der Waals surface area contributed by atoms with E-state index in [1.54, 1.807) is 0 Å². The summed E-state index contributed by atoms with van der Waals surface area (Å²) < 4.78 is 2.21. The van der Waals surface area contributed by atoms with Gasteiger partial charge in [-0.2, -0.15) is 0 Å². The van der Waals surface area contributed by atoms with Crippen LogP contribution in [0, 0.1) is 0 Å². The van der Waals surface area contributed by atoms with Crippen molar-refractivity contribution in [3.05, 3.63) is 30.1 Å². The molecule has 4 nitrogen and oxygen atoms in total. The van der Waals surface area contributed by atoms with Gasteiger partial charge in [0.25, 0.3) is 0 Å². The molecule has 4 heteroatoms. The van der Waals surface area contributed by atoms with Gasteiger partial charge in [-0.1, -0.05) is 26.0 Å². The third-order valence-electron chi connectivity index (χ3n) is 3.17. The number of hydrogen-bond donors (Lipinski definition) is 2. The summed E-state index contributed by atoms with van der Waals surface area (Å²) in [6.07, 6.45) is 0.902. The number of aliphatic hydroxyl groups is 1. The van der Waals surface area contributed by atoms with Crippen molar-refractivity contribution in [2.75, 3.05) is 13.2 Å². The van der Waals surface area contributed by atoms with Crippen molar-refractivity contribution in [2.45, 2.75) is 32.9 Å². The van der Waals surface area contributed by atoms with Gasteiger partial charge in [-0.15, -0.1) is 0 Å². The van der Waals surface area contributed by atoms with Crippen molar-refractivity contribution in [2.24, 2.45) is 0 Å². The van der Waals surface area contributed by atoms with Gasteiger partial charge in [-0.25, -0.2) is 4.98 Å². The molecule has 0 saturated heterocycles. The summed E-state index contributed by atoms with van der Waals surface area (Å²) in [5.41, 5.74) is 2.17. The van der Waals surface area contributed by atoms with Crippen LogP contribution in [0.25, 0.3) is 11.0 Å². The van der Waals surface area contributed by atoms with E-state index < -0.39 is 0 Å². The number of likely N-dealkylation sites (N-methyl/N-ethyl adjacent to an activating group) is 1. The van der Waals surface area contributed by atoms with Gasteiger partial charge in [0.05, 0.1) is 17.6 Å². The molecule has 1 heterocycles. The lowest BCUT2D eigenvalue weighted by Gasteiger charge is -2.17. The van der Waals surface area contributed by atoms with Crippen molar-refractivity contribution < 1.29 is 5.11 Å². The molecule has 2 aromatic rings. The number of nitrogens with one attached hydrogen (secondary N) is 1. The maximum Gasteiger partial charge on any atom is 0.109 e. The van der Waals surface area contributed by atoms with Gasteiger partial charge >= 0.3 is 0 Å². The highest BCUT2D eigenvalue weighted by molar-refractivity contribution is 5.75. The molecule has 2 rings (SSSR count). The Hall–Kier alpha value is -1.39. The summed E-state index contributed by atoms with van der Waals surface area (Å²) in [5, 5.41) is 12.7. The van der Waals surface area contributed by atoms with E-state index in [-0.39, 0.29) is 12.6 Å². The van der Waals surface area contributed by atoms with Crippen LogP contribution in [-0.4, -0.2) is 33.9 Å². The standard InChI is InChI=1S/C14H21N3O/c1-3-14-16-12-7-5-6-8-13(12)17(14)9-11(10-18)15-4-2/h5-8,11,15,18H,3-4,9-10H2,1-2H3. The summed E-state index contributed by atoms with van der Waals surface area (Å²) in [4.78, 5) is 4.63. The Morgan fingerprint density at radius 3 is 2.78 bits per heavy atom. The fourth-order valence-corrected chi connectivity index (χ4v) is 2.29. The Bertz CT molecular complexity index is 507. The normalized spacial score (nSPS) is 13.1. The molecule has 1 aromatic carbocycles. The van der Waals surface area contributed by atoms with Crippen LogP contribution in [0.15, 0.2) is 24.3 Å². The zero-order valence-electron chi connectivity index (χ0n) is 11.1. The van der Waals surface area contributed by atoms with Gasteiger partial charge in [0.15, 0.2) is 0 Å². The molecule has 0 aliphatic heterocycles. The number of benzene rings is 1. The zero-order valence-corrected chi connectivity index (χ0v) is 11.1. The summed E-state index contributed by atoms with van der Waals surface area (Å²) in [7, 11) is 0. The maximum absolute atomic E-state index is 9.40. The molecule has 18 heavy (non-hydrogen) atoms. The molecule has 0 fully saturated rings. The lowest BCUT2D eigenvalue weighted by Crippen LogP contribution is -2.36. The number of aliphatic hydroxyl groups excluding tert-OH is 1. The predicted octanol–water partition coefficient (Wildman–Crippen LogP) is 1.57. The highest BCUT2D eigenvalue weighted by Crippen LogP contribution is 2.16. The van der Waals surface area contributed by atoms with Crippen LogP contribution in [0.3, 0.4) is 0 Å². The van der Waals surface area contributed by atoms with E-state index in [1.165, 1.54) is 0 Å². The number of rotatable bonds is 6. The van der Waals surface area contributed by atoms with E-state index >= 15 is 0 Å². The number of imidazole rings is 1. The maximum atomic E-state index is 9.40. The average Bonchev–Trinajstić information content (AvgIpc) is 2.76. The van der Waals surface area contributed by atoms with Crippen molar-refractivity contribution >= 4 is 11.0 Å². The van der Waals surface area contributed by atoms with E-state index in [1.807, 2.05) is 18.2 Å². The van der Waals surface area contributed by atoms with Crippen molar-refractivity contribution in [3.8, 4) is 0 Å². The molecule has 1 atom stereocenters. The van der Waals surface area contributed by atoms with E-state index in [2.05, 4.69) is 34.8 Å². The van der Waals surface area contributed by atoms with Gasteiger partial charge in [-0.3, -0.25) is 0 Å². The second kappa shape index (κ2) is 5.98. The van der Waals surface area contributed by atoms with E-state index in [0.717, 1.165) is 36.4 Å². The number of aromatic nitrogens is 2. The molecular weight excluding hydrogens is 226 g/mol. The molecule has 0 bridgehead atoms. The van der Waals surface area contributed by atoms with Crippen molar-refractivity contribution in [3.63, 3.8) is 0 Å². The van der Waals surface area contributed by atoms with E-state index in [9.17, 15) is 5.11 Å². The molecule has 1 aromatic heterocycles. The van der Waals surface area contributed by atoms with Crippen LogP contribution >= 0.6 is 0 Å². The quantitative estimate of drug-likeness (QED) is 0.814. The molecule has 0 spiro atoms. The molecule has 0 aliphatic rings. The average molecular weight is 247 g/mol. The summed E-state index contributed by atoms with van der Waals surface area (Å²) >= 11 is 0. The minimum absolute atomic E-state index is 0.0814. The second-order valence-corrected chi connectivity index (χ2v) is 4.42. The molecular formula is C14H21N3O. The predicted molar refractivity (Wildman–Crippen MR) is 73.7 cm³/mol. The monoisotopic (exact) mass is 247 g/mol. The summed E-state index contributed by atoms with van der Waals surface area (Å²) in [6.45, 7) is 5.92. The lowest BCUT2D eigenvalue weighted by molar-refractivity contribution is 0.231. The Kier molecular flexibility index (Phi) is 4.33. The van der Waals surface area contributed by atoms with Crippen LogP contribution in [0.5, 0.6) is 0 Å². The fourth-order valence-electron chi connectivity index (χ4n) is 2.29. The molecule has 0 saturated carbocycles. The van der Waals surface area contributed by atoms with Gasteiger partial charge in [0, 0.05) is 19.0 Å². The van der Waals surface area contributed by atoms with Crippen molar-refractivity contribution in [1.82, 2.24) is 14.9 Å². The van der Waals surface area contributed by atoms with Crippen LogP contribution in [-0.2, 0) is 13.0 Å². The zero-order chi connectivity index (χ0) is 13.0. The first-order valence-corrected chi connectivity index (χ1v) is 6.58. The first kappa shape index (κ1) is 13.1. The number of fused-ring (bicyclic) bond motifs is 1. The minimum Gasteiger partial charge on any atom is -0.395 e. The van der Waals surface area contributed by atoms with Crippen LogP contribution < -0.4 is 5.32 Å². The third kappa shape index (κ3) is 2.54. The van der Waals surface area contributed by atoms with Gasteiger partial charge in [-0.05, 0) is 18.7 Å². The van der Waals surface area contributed by atoms with E-state index in [4.69, 9.17) is 0 Å². The number of aryl methyl sites for hydroxylation is 1. The Labute approximate surface area is 108 Å². The summed E-state index contributed by atoms with van der Waals surface area (Å²) in [6, 6.07) is 8.24. The van der Waals surface area contributed by atoms with Gasteiger partial charge in [0.2, 0.25) is 0 Å². The van der Waals surface area contributed by atoms with E-state index in [0.29, 0.717) is 0 Å². The second-order valence-electron chi connectivity index (χ2n) is 4.42. The topological polar surface area (TPSA) is 50.1 Å². The Morgan fingerprint density at radius 1 is 1.33 bits per heavy atom. The minimum atomic E-state index is 0.0814. The fraction of sp³-hybridized carbons (Fsp3) is 0.500. The third-order valence-corrected chi connectivity index (χ3v) is 3.17. The molecule has 1 unspecified atom stereocenters. The van der Waals surface area contributed by atoms with Crippen LogP contribution in [0.1, 0.15) is 19.7 Å². The lowest BCUT2D eigenvalue weighted by atomic mass is 10.2. The molecule has 0 amide bonds. The Morgan fingerprint density at radius 2 is 2.11 bits per heavy atom. The van der Waals surface area contributed by atoms with Gasteiger partial charge < -0.3 is 15.0 Å². The van der Waals surface area contributed by atoms with Crippen LogP contribution in [0.4, 0.5) is 0 Å². The first-order valence-electron chi connectivity index (χ1n) is 6.58. The van der Waals surface area contributed by atoms with Crippen molar-refractivity contribution in [1.29, 1.82) is 0 Å².